The van der Waals surface area contributed by atoms with E-state index in [1.54, 1.807) is 0 Å². The van der Waals surface area contributed by atoms with Crippen LogP contribution in [0.3, 0.4) is 0 Å². The SMILES string of the molecule is Nc1ccn([C@@H]2O[C@H](CPPP=O)[C@@H](O)[C@H]2O)c(=O)n1. The maximum absolute atomic E-state index is 11.7. The van der Waals surface area contributed by atoms with E-state index in [0.717, 1.165) is 4.57 Å². The number of aromatic nitrogens is 2. The fraction of sp³-hybridized carbons (Fsp3) is 0.556. The van der Waals surface area contributed by atoms with E-state index in [9.17, 15) is 19.6 Å². The second-order valence-corrected chi connectivity index (χ2v) is 9.63. The highest BCUT2D eigenvalue weighted by Gasteiger charge is 2.43. The Kier molecular flexibility index (Phi) is 5.56. The number of aliphatic hydroxyl groups excluding tert-OH is 2. The molecule has 6 atom stereocenters. The molecule has 2 rings (SSSR count). The van der Waals surface area contributed by atoms with Crippen LogP contribution in [0.1, 0.15) is 6.23 Å². The van der Waals surface area contributed by atoms with Crippen LogP contribution in [0.15, 0.2) is 17.1 Å². The molecule has 1 aromatic heterocycles. The van der Waals surface area contributed by atoms with Crippen LogP contribution in [0.4, 0.5) is 5.82 Å². The number of rotatable bonds is 5. The first kappa shape index (κ1) is 15.9. The van der Waals surface area contributed by atoms with Gasteiger partial charge in [-0.05, 0) is 20.2 Å². The Hall–Kier alpha value is -0.480. The largest absolute Gasteiger partial charge is 0.388 e. The van der Waals surface area contributed by atoms with Gasteiger partial charge in [0.2, 0.25) is 0 Å². The molecule has 0 radical (unpaired) electrons. The number of hydrogen-bond donors (Lipinski definition) is 3. The molecule has 1 aliphatic rings. The number of hydrogen-bond acceptors (Lipinski definition) is 7. The van der Waals surface area contributed by atoms with Crippen molar-refractivity contribution in [3.8, 4) is 0 Å². The summed E-state index contributed by atoms with van der Waals surface area (Å²) in [4.78, 5) is 15.3. The summed E-state index contributed by atoms with van der Waals surface area (Å²) >= 11 is 0. The van der Waals surface area contributed by atoms with Crippen LogP contribution in [0.25, 0.3) is 0 Å². The first-order valence-corrected chi connectivity index (χ1v) is 10.6. The predicted molar refractivity (Wildman–Crippen MR) is 77.9 cm³/mol. The summed E-state index contributed by atoms with van der Waals surface area (Å²) in [6, 6.07) is 1.41. The minimum atomic E-state index is -1.22. The Bertz CT molecular complexity index is 542. The average Bonchev–Trinajstić information content (AvgIpc) is 2.68. The highest BCUT2D eigenvalue weighted by Crippen LogP contribution is 2.48. The van der Waals surface area contributed by atoms with Gasteiger partial charge in [-0.2, -0.15) is 4.98 Å². The zero-order chi connectivity index (χ0) is 14.7. The van der Waals surface area contributed by atoms with Crippen LogP contribution in [-0.4, -0.2) is 44.2 Å². The fourth-order valence-electron chi connectivity index (χ4n) is 1.93. The molecule has 0 aliphatic carbocycles. The monoisotopic (exact) mass is 337 g/mol. The van der Waals surface area contributed by atoms with Crippen molar-refractivity contribution < 1.29 is 19.5 Å². The van der Waals surface area contributed by atoms with Crippen molar-refractivity contribution >= 4 is 30.2 Å². The molecule has 1 aromatic rings. The van der Waals surface area contributed by atoms with E-state index in [1.807, 2.05) is 0 Å². The molecule has 4 N–H and O–H groups in total. The Morgan fingerprint density at radius 3 is 2.90 bits per heavy atom. The van der Waals surface area contributed by atoms with Crippen LogP contribution >= 0.6 is 24.4 Å². The molecule has 110 valence electrons. The third-order valence-corrected chi connectivity index (χ3v) is 7.35. The lowest BCUT2D eigenvalue weighted by molar-refractivity contribution is -0.0340. The van der Waals surface area contributed by atoms with Gasteiger partial charge in [-0.25, -0.2) is 4.79 Å². The summed E-state index contributed by atoms with van der Waals surface area (Å²) in [6.45, 7) is 0. The number of ether oxygens (including phenoxy) is 1. The normalized spacial score (nSPS) is 31.1. The lowest BCUT2D eigenvalue weighted by Gasteiger charge is -2.16. The van der Waals surface area contributed by atoms with Gasteiger partial charge < -0.3 is 20.7 Å². The highest BCUT2D eigenvalue weighted by atomic mass is 32.4. The molecule has 11 heteroatoms. The first-order chi connectivity index (χ1) is 9.54. The van der Waals surface area contributed by atoms with Crippen LogP contribution < -0.4 is 11.4 Å². The quantitative estimate of drug-likeness (QED) is 0.506. The van der Waals surface area contributed by atoms with Crippen LogP contribution in [0.5, 0.6) is 0 Å². The molecular formula is C9H14N3O5P3. The van der Waals surface area contributed by atoms with Crippen molar-refractivity contribution in [2.45, 2.75) is 24.5 Å². The Morgan fingerprint density at radius 1 is 1.50 bits per heavy atom. The minimum Gasteiger partial charge on any atom is -0.388 e. The molecule has 20 heavy (non-hydrogen) atoms. The van der Waals surface area contributed by atoms with E-state index < -0.39 is 30.2 Å². The van der Waals surface area contributed by atoms with Gasteiger partial charge in [-0.3, -0.25) is 9.13 Å². The van der Waals surface area contributed by atoms with E-state index >= 15 is 0 Å². The minimum absolute atomic E-state index is 0.0704. The zero-order valence-electron chi connectivity index (χ0n) is 10.2. The lowest BCUT2D eigenvalue weighted by Crippen LogP contribution is -2.35. The molecule has 2 heterocycles. The molecule has 8 nitrogen and oxygen atoms in total. The second-order valence-electron chi connectivity index (χ2n) is 4.17. The molecule has 0 spiro atoms. The second kappa shape index (κ2) is 6.99. The smallest absolute Gasteiger partial charge is 0.351 e. The molecule has 1 aliphatic heterocycles. The molecule has 1 saturated heterocycles. The average molecular weight is 337 g/mol. The molecule has 0 amide bonds. The lowest BCUT2D eigenvalue weighted by atomic mass is 10.1. The maximum atomic E-state index is 11.7. The van der Waals surface area contributed by atoms with Crippen molar-refractivity contribution in [2.75, 3.05) is 11.9 Å². The van der Waals surface area contributed by atoms with Crippen molar-refractivity contribution in [3.63, 3.8) is 0 Å². The van der Waals surface area contributed by atoms with Crippen molar-refractivity contribution in [1.82, 2.24) is 9.55 Å². The Morgan fingerprint density at radius 2 is 2.25 bits per heavy atom. The summed E-state index contributed by atoms with van der Waals surface area (Å²) in [7, 11) is 0.691. The standard InChI is InChI=1S/C9H14N3O5P3/c10-5-1-2-12(9(15)11-5)8-7(14)6(13)4(17-8)3-18-20-19-16/h1-2,4,6-8,13-14,18,20H,3H2,(H2,10,11,15)/t4-,6-,7-,8-/m1/s1. The number of aliphatic hydroxyl groups is 2. The number of nitrogen functional groups attached to an aromatic ring is 1. The van der Waals surface area contributed by atoms with E-state index in [-0.39, 0.29) is 21.9 Å². The molecule has 0 aromatic carbocycles. The van der Waals surface area contributed by atoms with Gasteiger partial charge in [-0.15, -0.1) is 0 Å². The predicted octanol–water partition coefficient (Wildman–Crippen LogP) is -0.0766. The van der Waals surface area contributed by atoms with E-state index in [0.29, 0.717) is 14.4 Å². The topological polar surface area (TPSA) is 128 Å². The van der Waals surface area contributed by atoms with Crippen LogP contribution in [0.2, 0.25) is 0 Å². The Balaban J connectivity index is 2.13. The van der Waals surface area contributed by atoms with E-state index in [4.69, 9.17) is 10.5 Å². The summed E-state index contributed by atoms with van der Waals surface area (Å²) in [5.74, 6) is 0.0768. The van der Waals surface area contributed by atoms with Gasteiger partial charge in [0, 0.05) is 6.20 Å². The maximum Gasteiger partial charge on any atom is 0.351 e. The summed E-state index contributed by atoms with van der Waals surface area (Å²) in [6.07, 6.45) is -2.04. The summed E-state index contributed by atoms with van der Waals surface area (Å²) < 4.78 is 17.0. The molecular weight excluding hydrogens is 323 g/mol. The third kappa shape index (κ3) is 3.40. The van der Waals surface area contributed by atoms with Crippen LogP contribution in [0, 0.1) is 0 Å². The van der Waals surface area contributed by atoms with Gasteiger partial charge in [0.15, 0.2) is 14.4 Å². The molecule has 0 bridgehead atoms. The zero-order valence-corrected chi connectivity index (χ0v) is 13.1. The highest BCUT2D eigenvalue weighted by molar-refractivity contribution is 8.40. The van der Waals surface area contributed by atoms with Gasteiger partial charge in [-0.1, -0.05) is 8.27 Å². The fourth-order valence-corrected chi connectivity index (χ4v) is 5.09. The van der Waals surface area contributed by atoms with Gasteiger partial charge >= 0.3 is 5.69 Å². The number of anilines is 1. The third-order valence-electron chi connectivity index (χ3n) is 2.89. The number of nitrogens with zero attached hydrogens (tertiary/aromatic N) is 2. The van der Waals surface area contributed by atoms with E-state index in [1.165, 1.54) is 12.3 Å². The van der Waals surface area contributed by atoms with E-state index in [2.05, 4.69) is 4.98 Å². The molecule has 1 fully saturated rings. The summed E-state index contributed by atoms with van der Waals surface area (Å²) in [5.41, 5.74) is 4.74. The molecule has 2 unspecified atom stereocenters. The van der Waals surface area contributed by atoms with Gasteiger partial charge in [0.1, 0.15) is 18.0 Å². The number of nitrogens with two attached hydrogens (primary N) is 1. The van der Waals surface area contributed by atoms with Crippen molar-refractivity contribution in [2.24, 2.45) is 0 Å². The Labute approximate surface area is 119 Å². The van der Waals surface area contributed by atoms with Gasteiger partial charge in [0.25, 0.3) is 0 Å². The molecule has 0 saturated carbocycles. The van der Waals surface area contributed by atoms with Gasteiger partial charge in [0.05, 0.1) is 6.10 Å². The van der Waals surface area contributed by atoms with Crippen LogP contribution in [-0.2, 0) is 9.30 Å². The van der Waals surface area contributed by atoms with Crippen molar-refractivity contribution in [3.05, 3.63) is 22.7 Å². The summed E-state index contributed by atoms with van der Waals surface area (Å²) in [5, 5.41) is 19.9. The first-order valence-electron chi connectivity index (χ1n) is 5.71. The van der Waals surface area contributed by atoms with Crippen molar-refractivity contribution in [1.29, 1.82) is 0 Å².